The molecule has 2 aliphatic carbocycles. The average Bonchev–Trinajstić information content (AvgIpc) is 2.83. The molecule has 2 bridgehead atoms. The maximum absolute atomic E-state index is 11.6. The molecule has 3 nitrogen and oxygen atoms in total. The van der Waals surface area contributed by atoms with Gasteiger partial charge in [0.05, 0.1) is 0 Å². The van der Waals surface area contributed by atoms with Gasteiger partial charge in [0, 0.05) is 18.5 Å². The first kappa shape index (κ1) is 13.6. The van der Waals surface area contributed by atoms with Gasteiger partial charge in [-0.2, -0.15) is 0 Å². The van der Waals surface area contributed by atoms with E-state index in [1.54, 1.807) is 0 Å². The Morgan fingerprint density at radius 2 is 2.06 bits per heavy atom. The van der Waals surface area contributed by atoms with E-state index in [2.05, 4.69) is 22.8 Å². The Bertz CT molecular complexity index is 330. The fourth-order valence-electron chi connectivity index (χ4n) is 3.10. The van der Waals surface area contributed by atoms with Crippen molar-refractivity contribution in [1.82, 2.24) is 10.6 Å². The maximum atomic E-state index is 11.6. The smallest absolute Gasteiger partial charge is 0.221 e. The molecule has 3 atom stereocenters. The van der Waals surface area contributed by atoms with Crippen molar-refractivity contribution >= 4 is 5.91 Å². The lowest BCUT2D eigenvalue weighted by Gasteiger charge is -2.21. The van der Waals surface area contributed by atoms with Crippen LogP contribution >= 0.6 is 0 Å². The highest BCUT2D eigenvalue weighted by molar-refractivity contribution is 5.76. The molecule has 0 aromatic carbocycles. The summed E-state index contributed by atoms with van der Waals surface area (Å²) in [6, 6.07) is 0. The summed E-state index contributed by atoms with van der Waals surface area (Å²) in [4.78, 5) is 11.6. The first-order valence-corrected chi connectivity index (χ1v) is 7.14. The summed E-state index contributed by atoms with van der Waals surface area (Å²) in [6.07, 6.45) is 8.03. The molecule has 0 aromatic rings. The summed E-state index contributed by atoms with van der Waals surface area (Å²) < 4.78 is 0. The summed E-state index contributed by atoms with van der Waals surface area (Å²) in [5.41, 5.74) is -0.119. The fourth-order valence-corrected chi connectivity index (χ4v) is 3.10. The number of rotatable bonds is 5. The van der Waals surface area contributed by atoms with Crippen LogP contribution in [0.5, 0.6) is 0 Å². The molecule has 1 saturated carbocycles. The molecule has 0 aliphatic heterocycles. The Kier molecular flexibility index (Phi) is 4.10. The van der Waals surface area contributed by atoms with E-state index in [0.29, 0.717) is 6.42 Å². The van der Waals surface area contributed by atoms with E-state index in [0.717, 1.165) is 30.8 Å². The van der Waals surface area contributed by atoms with E-state index in [4.69, 9.17) is 0 Å². The van der Waals surface area contributed by atoms with E-state index in [1.165, 1.54) is 12.8 Å². The quantitative estimate of drug-likeness (QED) is 0.579. The zero-order valence-electron chi connectivity index (χ0n) is 11.8. The lowest BCUT2D eigenvalue weighted by Crippen LogP contribution is -2.41. The normalized spacial score (nSPS) is 29.8. The highest BCUT2D eigenvalue weighted by Crippen LogP contribution is 2.42. The van der Waals surface area contributed by atoms with Crippen molar-refractivity contribution in [2.75, 3.05) is 13.1 Å². The van der Waals surface area contributed by atoms with Gasteiger partial charge in [0.15, 0.2) is 0 Å². The summed E-state index contributed by atoms with van der Waals surface area (Å²) in [7, 11) is 0. The number of allylic oxidation sites excluding steroid dienone is 2. The maximum Gasteiger partial charge on any atom is 0.221 e. The van der Waals surface area contributed by atoms with Crippen LogP contribution < -0.4 is 10.6 Å². The van der Waals surface area contributed by atoms with Crippen LogP contribution in [0.1, 0.15) is 40.0 Å². The minimum absolute atomic E-state index is 0.119. The van der Waals surface area contributed by atoms with E-state index in [1.807, 2.05) is 20.8 Å². The Morgan fingerprint density at radius 1 is 1.28 bits per heavy atom. The number of amides is 1. The van der Waals surface area contributed by atoms with Crippen molar-refractivity contribution in [3.05, 3.63) is 12.2 Å². The molecule has 1 amide bonds. The van der Waals surface area contributed by atoms with E-state index >= 15 is 0 Å². The molecule has 3 heteroatoms. The number of fused-ring (bicyclic) bond motifs is 2. The third kappa shape index (κ3) is 3.84. The van der Waals surface area contributed by atoms with Gasteiger partial charge in [-0.3, -0.25) is 4.79 Å². The van der Waals surface area contributed by atoms with Crippen molar-refractivity contribution in [3.8, 4) is 0 Å². The third-order valence-electron chi connectivity index (χ3n) is 3.87. The molecule has 3 unspecified atom stereocenters. The first-order chi connectivity index (χ1) is 8.44. The minimum Gasteiger partial charge on any atom is -0.351 e. The second-order valence-electron chi connectivity index (χ2n) is 6.79. The van der Waals surface area contributed by atoms with Crippen LogP contribution in [0.25, 0.3) is 0 Å². The molecular weight excluding hydrogens is 224 g/mol. The van der Waals surface area contributed by atoms with Gasteiger partial charge in [0.1, 0.15) is 0 Å². The largest absolute Gasteiger partial charge is 0.351 e. The van der Waals surface area contributed by atoms with Crippen molar-refractivity contribution in [2.24, 2.45) is 17.8 Å². The highest BCUT2D eigenvalue weighted by atomic mass is 16.1. The van der Waals surface area contributed by atoms with Crippen LogP contribution in [-0.4, -0.2) is 24.5 Å². The lowest BCUT2D eigenvalue weighted by molar-refractivity contribution is -0.122. The van der Waals surface area contributed by atoms with Gasteiger partial charge in [-0.05, 0) is 57.9 Å². The van der Waals surface area contributed by atoms with E-state index in [-0.39, 0.29) is 11.4 Å². The van der Waals surface area contributed by atoms with Crippen LogP contribution in [0, 0.1) is 17.8 Å². The molecule has 2 rings (SSSR count). The summed E-state index contributed by atoms with van der Waals surface area (Å²) in [5, 5.41) is 6.42. The molecule has 0 heterocycles. The lowest BCUT2D eigenvalue weighted by atomic mass is 9.94. The Hall–Kier alpha value is -0.830. The number of hydrogen-bond acceptors (Lipinski definition) is 2. The minimum atomic E-state index is -0.119. The van der Waals surface area contributed by atoms with Crippen LogP contribution in [0.15, 0.2) is 12.2 Å². The molecule has 102 valence electrons. The molecule has 0 aromatic heterocycles. The van der Waals surface area contributed by atoms with Gasteiger partial charge in [-0.25, -0.2) is 0 Å². The zero-order valence-corrected chi connectivity index (χ0v) is 11.8. The van der Waals surface area contributed by atoms with Crippen molar-refractivity contribution in [1.29, 1.82) is 0 Å². The van der Waals surface area contributed by atoms with Gasteiger partial charge >= 0.3 is 0 Å². The predicted molar refractivity (Wildman–Crippen MR) is 74.2 cm³/mol. The molecule has 0 saturated heterocycles. The molecule has 0 radical (unpaired) electrons. The van der Waals surface area contributed by atoms with Crippen LogP contribution in [0.2, 0.25) is 0 Å². The second-order valence-corrected chi connectivity index (χ2v) is 6.79. The zero-order chi connectivity index (χ0) is 13.2. The molecular formula is C15H26N2O. The van der Waals surface area contributed by atoms with Crippen molar-refractivity contribution in [3.63, 3.8) is 0 Å². The van der Waals surface area contributed by atoms with Gasteiger partial charge in [-0.1, -0.05) is 12.2 Å². The summed E-state index contributed by atoms with van der Waals surface area (Å²) in [6.45, 7) is 7.90. The van der Waals surface area contributed by atoms with Crippen LogP contribution in [0.3, 0.4) is 0 Å². The van der Waals surface area contributed by atoms with E-state index in [9.17, 15) is 4.79 Å². The molecule has 18 heavy (non-hydrogen) atoms. The standard InChI is InChI=1S/C15H26N2O/c1-15(2,3)17-14(18)6-7-16-10-13-9-11-4-5-12(13)8-11/h4-5,11-13,16H,6-10H2,1-3H3,(H,17,18). The van der Waals surface area contributed by atoms with E-state index < -0.39 is 0 Å². The molecule has 0 spiro atoms. The van der Waals surface area contributed by atoms with Crippen LogP contribution in [0.4, 0.5) is 0 Å². The molecule has 1 fully saturated rings. The number of hydrogen-bond donors (Lipinski definition) is 2. The second kappa shape index (κ2) is 5.43. The first-order valence-electron chi connectivity index (χ1n) is 7.14. The Morgan fingerprint density at radius 3 is 2.61 bits per heavy atom. The van der Waals surface area contributed by atoms with Gasteiger partial charge < -0.3 is 10.6 Å². The average molecular weight is 250 g/mol. The molecule has 2 N–H and O–H groups in total. The number of carbonyl (C=O) groups excluding carboxylic acids is 1. The fraction of sp³-hybridized carbons (Fsp3) is 0.800. The summed E-state index contributed by atoms with van der Waals surface area (Å²) >= 11 is 0. The number of carbonyl (C=O) groups is 1. The van der Waals surface area contributed by atoms with Gasteiger partial charge in [0.2, 0.25) is 5.91 Å². The van der Waals surface area contributed by atoms with Crippen molar-refractivity contribution < 1.29 is 4.79 Å². The predicted octanol–water partition coefficient (Wildman–Crippen LogP) is 2.09. The number of nitrogens with one attached hydrogen (secondary N) is 2. The Labute approximate surface area is 110 Å². The Balaban J connectivity index is 1.57. The van der Waals surface area contributed by atoms with Crippen molar-refractivity contribution in [2.45, 2.75) is 45.6 Å². The SMILES string of the molecule is CC(C)(C)NC(=O)CCNCC1CC2C=CC1C2. The monoisotopic (exact) mass is 250 g/mol. The third-order valence-corrected chi connectivity index (χ3v) is 3.87. The molecule has 2 aliphatic rings. The topological polar surface area (TPSA) is 41.1 Å². The highest BCUT2D eigenvalue weighted by Gasteiger charge is 2.34. The van der Waals surface area contributed by atoms with Gasteiger partial charge in [0.25, 0.3) is 0 Å². The summed E-state index contributed by atoms with van der Waals surface area (Å²) in [5.74, 6) is 2.57. The van der Waals surface area contributed by atoms with Gasteiger partial charge in [-0.15, -0.1) is 0 Å². The van der Waals surface area contributed by atoms with Crippen LogP contribution in [-0.2, 0) is 4.79 Å².